The molecule has 0 bridgehead atoms. The van der Waals surface area contributed by atoms with Gasteiger partial charge in [0.25, 0.3) is 0 Å². The lowest BCUT2D eigenvalue weighted by atomic mass is 9.95. The number of hydrogen-bond acceptors (Lipinski definition) is 8. The number of nitrogens with two attached hydrogens (primary N) is 1. The number of fused-ring (bicyclic) bond motifs is 1. The number of aryl methyl sites for hydroxylation is 1. The molecule has 11 nitrogen and oxygen atoms in total. The number of primary sulfonamides is 1. The van der Waals surface area contributed by atoms with Crippen LogP contribution in [0.3, 0.4) is 0 Å². The van der Waals surface area contributed by atoms with Crippen molar-refractivity contribution in [3.8, 4) is 5.75 Å². The Morgan fingerprint density at radius 3 is 2.54 bits per heavy atom. The van der Waals surface area contributed by atoms with Crippen LogP contribution < -0.4 is 20.5 Å². The van der Waals surface area contributed by atoms with E-state index >= 15 is 0 Å². The maximum Gasteiger partial charge on any atom is 0.338 e. The molecule has 1 atom stereocenters. The molecule has 1 aromatic heterocycles. The van der Waals surface area contributed by atoms with Crippen LogP contribution >= 0.6 is 11.8 Å². The van der Waals surface area contributed by atoms with Crippen LogP contribution in [0, 0.1) is 0 Å². The molecule has 1 aliphatic rings. The van der Waals surface area contributed by atoms with Crippen LogP contribution in [0.5, 0.6) is 5.75 Å². The summed E-state index contributed by atoms with van der Waals surface area (Å²) in [6, 6.07) is 10.4. The zero-order chi connectivity index (χ0) is 26.7. The van der Waals surface area contributed by atoms with Crippen molar-refractivity contribution in [3.63, 3.8) is 0 Å². The van der Waals surface area contributed by atoms with Gasteiger partial charge in [0.05, 0.1) is 41.3 Å². The number of benzene rings is 2. The highest BCUT2D eigenvalue weighted by Crippen LogP contribution is 2.32. The lowest BCUT2D eigenvalue weighted by molar-refractivity contribution is -0.139. The molecular weight excluding hydrogens is 518 g/mol. The Kier molecular flexibility index (Phi) is 7.76. The second-order valence-electron chi connectivity index (χ2n) is 8.04. The van der Waals surface area contributed by atoms with Gasteiger partial charge in [-0.1, -0.05) is 23.9 Å². The monoisotopic (exact) mass is 545 g/mol. The van der Waals surface area contributed by atoms with Crippen LogP contribution in [-0.2, 0) is 26.1 Å². The third kappa shape index (κ3) is 5.58. The second-order valence-corrected chi connectivity index (χ2v) is 10.5. The van der Waals surface area contributed by atoms with Crippen molar-refractivity contribution in [3.05, 3.63) is 59.3 Å². The summed E-state index contributed by atoms with van der Waals surface area (Å²) in [5, 5.41) is 11.4. The van der Waals surface area contributed by atoms with Gasteiger partial charge in [-0.05, 0) is 49.7 Å². The van der Waals surface area contributed by atoms with Gasteiger partial charge in [-0.25, -0.2) is 28.1 Å². The van der Waals surface area contributed by atoms with E-state index in [0.717, 1.165) is 5.52 Å². The van der Waals surface area contributed by atoms with E-state index in [0.29, 0.717) is 34.2 Å². The van der Waals surface area contributed by atoms with Gasteiger partial charge in [-0.15, -0.1) is 0 Å². The molecular formula is C24H27N5O6S2. The molecule has 4 rings (SSSR count). The van der Waals surface area contributed by atoms with Gasteiger partial charge in [-0.3, -0.25) is 0 Å². The topological polar surface area (TPSA) is 155 Å². The Morgan fingerprint density at radius 2 is 1.92 bits per heavy atom. The number of rotatable bonds is 9. The molecule has 37 heavy (non-hydrogen) atoms. The SMILES string of the molecule is CCOC(=O)C1=C(CSc2nc3cc(S(N)(=O)=O)ccc3n2CC)NC(=O)N[C@H]1c1ccc(OC)cc1. The zero-order valence-electron chi connectivity index (χ0n) is 20.5. The first kappa shape index (κ1) is 26.5. The first-order chi connectivity index (χ1) is 17.7. The van der Waals surface area contributed by atoms with E-state index in [1.165, 1.54) is 23.9 Å². The summed E-state index contributed by atoms with van der Waals surface area (Å²) >= 11 is 1.30. The van der Waals surface area contributed by atoms with Gasteiger partial charge < -0.3 is 24.7 Å². The molecule has 0 saturated carbocycles. The predicted octanol–water partition coefficient (Wildman–Crippen LogP) is 2.68. The summed E-state index contributed by atoms with van der Waals surface area (Å²) in [4.78, 5) is 30.2. The highest BCUT2D eigenvalue weighted by atomic mass is 32.2. The molecule has 13 heteroatoms. The number of esters is 1. The van der Waals surface area contributed by atoms with Gasteiger partial charge in [0.1, 0.15) is 5.75 Å². The Bertz CT molecular complexity index is 1480. The number of amides is 2. The summed E-state index contributed by atoms with van der Waals surface area (Å²) in [5.41, 5.74) is 2.59. The summed E-state index contributed by atoms with van der Waals surface area (Å²) in [6.07, 6.45) is 0. The molecule has 4 N–H and O–H groups in total. The van der Waals surface area contributed by atoms with E-state index in [1.807, 2.05) is 11.5 Å². The molecule has 0 spiro atoms. The number of aromatic nitrogens is 2. The van der Waals surface area contributed by atoms with E-state index in [1.54, 1.807) is 44.4 Å². The van der Waals surface area contributed by atoms with Gasteiger partial charge in [0.2, 0.25) is 10.0 Å². The number of sulfonamides is 1. The molecule has 0 saturated heterocycles. The zero-order valence-corrected chi connectivity index (χ0v) is 22.1. The third-order valence-corrected chi connectivity index (χ3v) is 7.69. The number of thioether (sulfide) groups is 1. The van der Waals surface area contributed by atoms with E-state index < -0.39 is 28.1 Å². The van der Waals surface area contributed by atoms with Crippen LogP contribution in [0.4, 0.5) is 4.79 Å². The lowest BCUT2D eigenvalue weighted by Gasteiger charge is -2.29. The van der Waals surface area contributed by atoms with Gasteiger partial charge >= 0.3 is 12.0 Å². The summed E-state index contributed by atoms with van der Waals surface area (Å²) in [5.74, 6) is 0.304. The largest absolute Gasteiger partial charge is 0.497 e. The number of nitrogens with one attached hydrogen (secondary N) is 2. The van der Waals surface area contributed by atoms with Crippen molar-refractivity contribution >= 4 is 44.8 Å². The Labute approximate surface area is 218 Å². The maximum atomic E-state index is 13.0. The minimum absolute atomic E-state index is 0.0300. The van der Waals surface area contributed by atoms with Crippen molar-refractivity contribution in [2.45, 2.75) is 36.5 Å². The second kappa shape index (κ2) is 10.8. The molecule has 0 radical (unpaired) electrons. The fraction of sp³-hybridized carbons (Fsp3) is 0.292. The third-order valence-electron chi connectivity index (χ3n) is 5.77. The fourth-order valence-corrected chi connectivity index (χ4v) is 5.63. The van der Waals surface area contributed by atoms with Crippen LogP contribution in [0.15, 0.2) is 63.8 Å². The van der Waals surface area contributed by atoms with E-state index in [4.69, 9.17) is 14.6 Å². The van der Waals surface area contributed by atoms with E-state index in [-0.39, 0.29) is 22.8 Å². The standard InChI is InChI=1S/C24H27N5O6S2/c1-4-29-19-11-10-16(37(25,32)33)12-17(19)27-24(29)36-13-18-20(22(30)35-5-2)21(28-23(31)26-18)14-6-8-15(34-3)9-7-14/h6-12,21H,4-5,13H2,1-3H3,(H2,25,32,33)(H2,26,28,31)/t21-/m0/s1. The molecule has 196 valence electrons. The van der Waals surface area contributed by atoms with Gasteiger partial charge in [0.15, 0.2) is 5.16 Å². The summed E-state index contributed by atoms with van der Waals surface area (Å²) in [7, 11) is -2.32. The molecule has 0 aliphatic carbocycles. The number of carbonyl (C=O) groups excluding carboxylic acids is 2. The van der Waals surface area contributed by atoms with Crippen molar-refractivity contribution in [1.82, 2.24) is 20.2 Å². The van der Waals surface area contributed by atoms with Crippen molar-refractivity contribution in [2.75, 3.05) is 19.5 Å². The quantitative estimate of drug-likeness (QED) is 0.274. The van der Waals surface area contributed by atoms with Crippen LogP contribution in [0.25, 0.3) is 11.0 Å². The first-order valence-corrected chi connectivity index (χ1v) is 14.0. The first-order valence-electron chi connectivity index (χ1n) is 11.4. The predicted molar refractivity (Wildman–Crippen MR) is 139 cm³/mol. The lowest BCUT2D eigenvalue weighted by Crippen LogP contribution is -2.46. The van der Waals surface area contributed by atoms with Crippen molar-refractivity contribution in [2.24, 2.45) is 5.14 Å². The average molecular weight is 546 g/mol. The highest BCUT2D eigenvalue weighted by Gasteiger charge is 2.34. The Hall–Kier alpha value is -3.55. The van der Waals surface area contributed by atoms with Crippen LogP contribution in [-0.4, -0.2) is 49.4 Å². The minimum Gasteiger partial charge on any atom is -0.497 e. The smallest absolute Gasteiger partial charge is 0.338 e. The van der Waals surface area contributed by atoms with Crippen molar-refractivity contribution < 1.29 is 27.5 Å². The normalized spacial score (nSPS) is 15.9. The molecule has 0 fully saturated rings. The van der Waals surface area contributed by atoms with Gasteiger partial charge in [-0.2, -0.15) is 0 Å². The molecule has 3 aromatic rings. The maximum absolute atomic E-state index is 13.0. The molecule has 2 amide bonds. The Balaban J connectivity index is 1.72. The molecule has 0 unspecified atom stereocenters. The molecule has 2 aromatic carbocycles. The van der Waals surface area contributed by atoms with Crippen LogP contribution in [0.2, 0.25) is 0 Å². The van der Waals surface area contributed by atoms with Crippen molar-refractivity contribution in [1.29, 1.82) is 0 Å². The van der Waals surface area contributed by atoms with Gasteiger partial charge in [0, 0.05) is 18.0 Å². The summed E-state index contributed by atoms with van der Waals surface area (Å²) in [6.45, 7) is 4.39. The number of imidazole rings is 1. The summed E-state index contributed by atoms with van der Waals surface area (Å²) < 4.78 is 36.0. The molecule has 1 aliphatic heterocycles. The highest BCUT2D eigenvalue weighted by molar-refractivity contribution is 7.99. The fourth-order valence-electron chi connectivity index (χ4n) is 4.05. The number of nitrogens with zero attached hydrogens (tertiary/aromatic N) is 2. The number of urea groups is 1. The number of methoxy groups -OCH3 is 1. The van der Waals surface area contributed by atoms with E-state index in [9.17, 15) is 18.0 Å². The number of hydrogen-bond donors (Lipinski definition) is 3. The Morgan fingerprint density at radius 1 is 1.19 bits per heavy atom. The molecule has 2 heterocycles. The minimum atomic E-state index is -3.88. The number of carbonyl (C=O) groups is 2. The van der Waals surface area contributed by atoms with E-state index in [2.05, 4.69) is 15.6 Å². The van der Waals surface area contributed by atoms with Crippen LogP contribution in [0.1, 0.15) is 25.5 Å². The average Bonchev–Trinajstić information content (AvgIpc) is 3.23. The number of ether oxygens (including phenoxy) is 2.